The van der Waals surface area contributed by atoms with Crippen molar-refractivity contribution < 1.29 is 14.6 Å². The molecular formula is C17H30BN3O3. The van der Waals surface area contributed by atoms with Gasteiger partial charge in [0.2, 0.25) is 5.91 Å². The van der Waals surface area contributed by atoms with Gasteiger partial charge in [-0.15, -0.1) is 0 Å². The smallest absolute Gasteiger partial charge is 0.312 e. The highest BCUT2D eigenvalue weighted by molar-refractivity contribution is 6.46. The molecule has 1 saturated heterocycles. The molecule has 2 heterocycles. The van der Waals surface area contributed by atoms with E-state index in [1.807, 2.05) is 24.9 Å². The van der Waals surface area contributed by atoms with Crippen LogP contribution in [0.25, 0.3) is 0 Å². The minimum Gasteiger partial charge on any atom is -0.427 e. The van der Waals surface area contributed by atoms with Gasteiger partial charge >= 0.3 is 7.48 Å². The van der Waals surface area contributed by atoms with E-state index in [2.05, 4.69) is 5.10 Å². The van der Waals surface area contributed by atoms with Crippen molar-refractivity contribution in [2.45, 2.75) is 71.1 Å². The summed E-state index contributed by atoms with van der Waals surface area (Å²) in [6.07, 6.45) is 7.61. The van der Waals surface area contributed by atoms with Gasteiger partial charge < -0.3 is 14.7 Å². The summed E-state index contributed by atoms with van der Waals surface area (Å²) in [5, 5.41) is 14.4. The number of hydrogen-bond donors (Lipinski definition) is 1. The van der Waals surface area contributed by atoms with Crippen LogP contribution in [0.4, 0.5) is 0 Å². The van der Waals surface area contributed by atoms with Crippen LogP contribution in [0.5, 0.6) is 0 Å². The third kappa shape index (κ3) is 5.08. The Labute approximate surface area is 145 Å². The fourth-order valence-corrected chi connectivity index (χ4v) is 2.56. The minimum atomic E-state index is -0.927. The van der Waals surface area contributed by atoms with Gasteiger partial charge in [0.15, 0.2) is 0 Å². The Morgan fingerprint density at radius 1 is 1.29 bits per heavy atom. The maximum atomic E-state index is 12.2. The van der Waals surface area contributed by atoms with E-state index in [9.17, 15) is 9.90 Å². The predicted molar refractivity (Wildman–Crippen MR) is 95.5 cm³/mol. The first-order chi connectivity index (χ1) is 11.2. The highest BCUT2D eigenvalue weighted by Crippen LogP contribution is 2.24. The van der Waals surface area contributed by atoms with Crippen LogP contribution in [0, 0.1) is 0 Å². The summed E-state index contributed by atoms with van der Waals surface area (Å²) in [7, 11) is 0.386. The second-order valence-corrected chi connectivity index (χ2v) is 7.66. The Morgan fingerprint density at radius 2 is 1.96 bits per heavy atom. The highest BCUT2D eigenvalue weighted by atomic mass is 16.5. The number of amides is 1. The molecule has 0 bridgehead atoms. The topological polar surface area (TPSA) is 67.6 Å². The van der Waals surface area contributed by atoms with Crippen LogP contribution < -0.4 is 5.46 Å². The van der Waals surface area contributed by atoms with Crippen molar-refractivity contribution in [3.63, 3.8) is 0 Å². The number of piperidine rings is 1. The quantitative estimate of drug-likeness (QED) is 0.750. The van der Waals surface area contributed by atoms with Crippen LogP contribution >= 0.6 is 0 Å². The van der Waals surface area contributed by atoms with E-state index in [0.717, 1.165) is 31.4 Å². The number of hydrogen-bond acceptors (Lipinski definition) is 4. The molecule has 24 heavy (non-hydrogen) atoms. The van der Waals surface area contributed by atoms with Crippen LogP contribution in [0.3, 0.4) is 0 Å². The molecule has 2 rings (SSSR count). The number of rotatable bonds is 7. The minimum absolute atomic E-state index is 0.214. The highest BCUT2D eigenvalue weighted by Gasteiger charge is 2.35. The molecule has 1 aromatic rings. The second-order valence-electron chi connectivity index (χ2n) is 7.66. The Morgan fingerprint density at radius 3 is 2.58 bits per heavy atom. The number of likely N-dealkylation sites (tertiary alicyclic amines) is 1. The Hall–Kier alpha value is -1.34. The number of aliphatic hydroxyl groups is 1. The lowest BCUT2D eigenvalue weighted by molar-refractivity contribution is -0.132. The van der Waals surface area contributed by atoms with Crippen LogP contribution in [-0.2, 0) is 16.0 Å². The largest absolute Gasteiger partial charge is 0.427 e. The molecule has 0 radical (unpaired) electrons. The van der Waals surface area contributed by atoms with Crippen molar-refractivity contribution in [1.82, 2.24) is 14.7 Å². The van der Waals surface area contributed by atoms with Crippen LogP contribution in [0.15, 0.2) is 12.4 Å². The summed E-state index contributed by atoms with van der Waals surface area (Å²) in [4.78, 5) is 14.1. The monoisotopic (exact) mass is 335 g/mol. The zero-order valence-corrected chi connectivity index (χ0v) is 15.4. The molecule has 1 N–H and O–H groups in total. The number of aryl methyl sites for hydroxylation is 1. The third-order valence-corrected chi connectivity index (χ3v) is 5.02. The molecule has 6 nitrogen and oxygen atoms in total. The molecule has 0 unspecified atom stereocenters. The molecule has 0 spiro atoms. The van der Waals surface area contributed by atoms with Crippen molar-refractivity contribution in [2.75, 3.05) is 13.1 Å². The van der Waals surface area contributed by atoms with Gasteiger partial charge in [-0.3, -0.25) is 9.48 Å². The fraction of sp³-hybridized carbons (Fsp3) is 0.765. The SMILES string of the molecule is CC(C)(O)C(C)(C)OBc1cnn(CCC(=O)N2CCCCC2)c1. The van der Waals surface area contributed by atoms with Crippen molar-refractivity contribution in [3.8, 4) is 0 Å². The van der Waals surface area contributed by atoms with E-state index in [4.69, 9.17) is 4.65 Å². The maximum absolute atomic E-state index is 12.2. The molecule has 134 valence electrons. The molecular weight excluding hydrogens is 305 g/mol. The van der Waals surface area contributed by atoms with E-state index in [1.54, 1.807) is 24.7 Å². The Balaban J connectivity index is 1.79. The Kier molecular flexibility index (Phi) is 6.09. The first kappa shape index (κ1) is 19.0. The van der Waals surface area contributed by atoms with Crippen LogP contribution in [0.2, 0.25) is 0 Å². The van der Waals surface area contributed by atoms with Crippen molar-refractivity contribution >= 4 is 18.9 Å². The van der Waals surface area contributed by atoms with Crippen molar-refractivity contribution in [2.24, 2.45) is 0 Å². The van der Waals surface area contributed by atoms with Gasteiger partial charge in [0, 0.05) is 38.4 Å². The first-order valence-corrected chi connectivity index (χ1v) is 8.84. The molecule has 0 aromatic carbocycles. The van der Waals surface area contributed by atoms with Crippen molar-refractivity contribution in [3.05, 3.63) is 12.4 Å². The first-order valence-electron chi connectivity index (χ1n) is 8.84. The van der Waals surface area contributed by atoms with Gasteiger partial charge in [-0.2, -0.15) is 5.10 Å². The summed E-state index contributed by atoms with van der Waals surface area (Å²) >= 11 is 0. The summed E-state index contributed by atoms with van der Waals surface area (Å²) in [6, 6.07) is 0. The molecule has 0 atom stereocenters. The summed E-state index contributed by atoms with van der Waals surface area (Å²) < 4.78 is 7.62. The lowest BCUT2D eigenvalue weighted by Gasteiger charge is -2.37. The summed E-state index contributed by atoms with van der Waals surface area (Å²) in [5.41, 5.74) is -0.638. The van der Waals surface area contributed by atoms with Gasteiger partial charge in [0.05, 0.1) is 11.2 Å². The zero-order valence-electron chi connectivity index (χ0n) is 15.4. The van der Waals surface area contributed by atoms with E-state index >= 15 is 0 Å². The number of aromatic nitrogens is 2. The average molecular weight is 335 g/mol. The molecule has 1 aliphatic rings. The maximum Gasteiger partial charge on any atom is 0.312 e. The third-order valence-electron chi connectivity index (χ3n) is 5.02. The van der Waals surface area contributed by atoms with Gasteiger partial charge in [0.25, 0.3) is 0 Å². The molecule has 0 saturated carbocycles. The zero-order chi connectivity index (χ0) is 17.8. The lowest BCUT2D eigenvalue weighted by Crippen LogP contribution is -2.49. The van der Waals surface area contributed by atoms with Gasteiger partial charge in [-0.1, -0.05) is 0 Å². The van der Waals surface area contributed by atoms with Crippen molar-refractivity contribution in [1.29, 1.82) is 0 Å². The summed E-state index contributed by atoms with van der Waals surface area (Å²) in [5.74, 6) is 0.214. The normalized spacial score (nSPS) is 16.3. The van der Waals surface area contributed by atoms with E-state index < -0.39 is 11.2 Å². The number of nitrogens with zero attached hydrogens (tertiary/aromatic N) is 3. The fourth-order valence-electron chi connectivity index (χ4n) is 2.56. The van der Waals surface area contributed by atoms with Gasteiger partial charge in [-0.05, 0) is 52.4 Å². The van der Waals surface area contributed by atoms with E-state index in [1.165, 1.54) is 6.42 Å². The van der Waals surface area contributed by atoms with Crippen LogP contribution in [-0.4, -0.2) is 57.5 Å². The molecule has 1 aromatic heterocycles. The number of carbonyl (C=O) groups is 1. The van der Waals surface area contributed by atoms with Gasteiger partial charge in [-0.25, -0.2) is 0 Å². The van der Waals surface area contributed by atoms with E-state index in [0.29, 0.717) is 20.4 Å². The van der Waals surface area contributed by atoms with Crippen LogP contribution in [0.1, 0.15) is 53.4 Å². The number of carbonyl (C=O) groups excluding carboxylic acids is 1. The molecule has 1 aliphatic heterocycles. The molecule has 1 fully saturated rings. The molecule has 0 aliphatic carbocycles. The average Bonchev–Trinajstić information content (AvgIpc) is 2.98. The lowest BCUT2D eigenvalue weighted by atomic mass is 9.84. The molecule has 1 amide bonds. The van der Waals surface area contributed by atoms with E-state index in [-0.39, 0.29) is 5.91 Å². The Bertz CT molecular complexity index is 546. The standard InChI is InChI=1S/C17H30BN3O3/c1-16(2,23)17(3,4)24-18-14-12-19-21(13-14)11-8-15(22)20-9-6-5-7-10-20/h12-13,18,23H,5-11H2,1-4H3. The predicted octanol–water partition coefficient (Wildman–Crippen LogP) is 0.829. The summed E-state index contributed by atoms with van der Waals surface area (Å²) in [6.45, 7) is 9.59. The second kappa shape index (κ2) is 7.70. The van der Waals surface area contributed by atoms with Gasteiger partial charge in [0.1, 0.15) is 0 Å². The molecule has 7 heteroatoms.